The average Bonchev–Trinajstić information content (AvgIpc) is 3.33. The number of anilines is 1. The number of piperidine rings is 1. The summed E-state index contributed by atoms with van der Waals surface area (Å²) in [4.78, 5) is 5.06. The highest BCUT2D eigenvalue weighted by molar-refractivity contribution is 5.67. The van der Waals surface area contributed by atoms with Gasteiger partial charge in [0.15, 0.2) is 0 Å². The first-order valence-corrected chi connectivity index (χ1v) is 12.8. The zero-order valence-electron chi connectivity index (χ0n) is 20.6. The molecule has 2 fully saturated rings. The van der Waals surface area contributed by atoms with Crippen LogP contribution in [-0.2, 0) is 17.8 Å². The third kappa shape index (κ3) is 5.50. The smallest absolute Gasteiger partial charge is 0.113 e. The number of hydrogen-bond donors (Lipinski definition) is 0. The van der Waals surface area contributed by atoms with Gasteiger partial charge in [-0.05, 0) is 69.3 Å². The predicted octanol–water partition coefficient (Wildman–Crippen LogP) is 4.92. The van der Waals surface area contributed by atoms with E-state index >= 15 is 0 Å². The summed E-state index contributed by atoms with van der Waals surface area (Å²) in [7, 11) is 2.26. The van der Waals surface area contributed by atoms with Crippen molar-refractivity contribution in [2.45, 2.75) is 64.3 Å². The van der Waals surface area contributed by atoms with Gasteiger partial charge < -0.3 is 9.64 Å². The summed E-state index contributed by atoms with van der Waals surface area (Å²) in [5.41, 5.74) is 6.04. The summed E-state index contributed by atoms with van der Waals surface area (Å²) in [5.74, 6) is 0. The van der Waals surface area contributed by atoms with Gasteiger partial charge in [-0.15, -0.1) is 5.10 Å². The van der Waals surface area contributed by atoms with Crippen LogP contribution < -0.4 is 4.90 Å². The third-order valence-electron chi connectivity index (χ3n) is 7.35. The minimum absolute atomic E-state index is 0.263. The van der Waals surface area contributed by atoms with E-state index in [1.54, 1.807) is 0 Å². The molecular weight excluding hydrogens is 422 g/mol. The molecule has 0 unspecified atom stereocenters. The Hall–Kier alpha value is -2.70. The zero-order chi connectivity index (χ0) is 23.3. The van der Waals surface area contributed by atoms with Crippen molar-refractivity contribution in [3.8, 4) is 11.3 Å². The average molecular weight is 460 g/mol. The number of likely N-dealkylation sites (N-methyl/N-ethyl adjacent to an activating group) is 1. The molecule has 180 valence electrons. The van der Waals surface area contributed by atoms with Crippen LogP contribution in [0.15, 0.2) is 54.7 Å². The van der Waals surface area contributed by atoms with E-state index < -0.39 is 0 Å². The minimum atomic E-state index is 0.263. The molecule has 0 bridgehead atoms. The lowest BCUT2D eigenvalue weighted by Crippen LogP contribution is -2.46. The molecule has 0 spiro atoms. The summed E-state index contributed by atoms with van der Waals surface area (Å²) < 4.78 is 7.81. The van der Waals surface area contributed by atoms with Crippen LogP contribution in [-0.4, -0.2) is 58.8 Å². The van der Waals surface area contributed by atoms with Gasteiger partial charge in [-0.25, -0.2) is 4.68 Å². The number of aromatic nitrogens is 3. The molecule has 2 atom stereocenters. The van der Waals surface area contributed by atoms with Crippen molar-refractivity contribution in [3.63, 3.8) is 0 Å². The van der Waals surface area contributed by atoms with Gasteiger partial charge in [0, 0.05) is 43.5 Å². The lowest BCUT2D eigenvalue weighted by atomic mass is 10.0. The largest absolute Gasteiger partial charge is 0.376 e. The highest BCUT2D eigenvalue weighted by atomic mass is 16.5. The van der Waals surface area contributed by atoms with Crippen molar-refractivity contribution >= 4 is 5.69 Å². The van der Waals surface area contributed by atoms with E-state index in [-0.39, 0.29) is 6.10 Å². The molecule has 0 amide bonds. The topological polar surface area (TPSA) is 46.4 Å². The van der Waals surface area contributed by atoms with Gasteiger partial charge in [-0.2, -0.15) is 0 Å². The fraction of sp³-hybridized carbons (Fsp3) is 0.500. The summed E-state index contributed by atoms with van der Waals surface area (Å²) in [6.07, 6.45) is 8.33. The lowest BCUT2D eigenvalue weighted by Gasteiger charge is -2.39. The summed E-state index contributed by atoms with van der Waals surface area (Å²) in [5, 5.41) is 8.84. The van der Waals surface area contributed by atoms with Crippen LogP contribution in [0.4, 0.5) is 5.69 Å². The van der Waals surface area contributed by atoms with Gasteiger partial charge >= 0.3 is 0 Å². The van der Waals surface area contributed by atoms with Crippen LogP contribution in [0.5, 0.6) is 0 Å². The van der Waals surface area contributed by atoms with E-state index in [4.69, 9.17) is 4.74 Å². The molecule has 2 aromatic carbocycles. The predicted molar refractivity (Wildman–Crippen MR) is 137 cm³/mol. The van der Waals surface area contributed by atoms with E-state index in [1.165, 1.54) is 42.5 Å². The molecule has 5 rings (SSSR count). The molecule has 6 heteroatoms. The molecule has 0 saturated carbocycles. The van der Waals surface area contributed by atoms with Crippen LogP contribution >= 0.6 is 0 Å². The van der Waals surface area contributed by atoms with E-state index in [0.717, 1.165) is 50.5 Å². The Kier molecular flexibility index (Phi) is 7.26. The minimum Gasteiger partial charge on any atom is -0.376 e. The van der Waals surface area contributed by atoms with Crippen LogP contribution in [0.1, 0.15) is 43.2 Å². The maximum Gasteiger partial charge on any atom is 0.113 e. The molecule has 3 heterocycles. The molecule has 0 N–H and O–H groups in total. The van der Waals surface area contributed by atoms with E-state index in [2.05, 4.69) is 88.8 Å². The van der Waals surface area contributed by atoms with Crippen molar-refractivity contribution in [2.24, 2.45) is 0 Å². The Morgan fingerprint density at radius 3 is 2.74 bits per heavy atom. The van der Waals surface area contributed by atoms with Gasteiger partial charge in [0.2, 0.25) is 0 Å². The molecule has 6 nitrogen and oxygen atoms in total. The van der Waals surface area contributed by atoms with Crippen LogP contribution in [0.2, 0.25) is 0 Å². The van der Waals surface area contributed by atoms with Gasteiger partial charge in [-0.1, -0.05) is 41.6 Å². The number of rotatable bonds is 7. The highest BCUT2D eigenvalue weighted by Crippen LogP contribution is 2.29. The molecule has 0 aliphatic carbocycles. The SMILES string of the molecule is Cc1cc(N2CCC[C@H](N(C)Cc3ccccc3)C2)ccc1-c1cn(C[C@@H]2CCCCO2)nn1. The van der Waals surface area contributed by atoms with E-state index in [0.29, 0.717) is 6.04 Å². The Bertz CT molecular complexity index is 1060. The molecule has 34 heavy (non-hydrogen) atoms. The molecule has 1 aromatic heterocycles. The Balaban J connectivity index is 1.23. The Labute approximate surface area is 203 Å². The second-order valence-electron chi connectivity index (χ2n) is 9.96. The van der Waals surface area contributed by atoms with Crippen molar-refractivity contribution < 1.29 is 4.74 Å². The number of aryl methyl sites for hydroxylation is 1. The van der Waals surface area contributed by atoms with Crippen molar-refractivity contribution in [2.75, 3.05) is 31.6 Å². The lowest BCUT2D eigenvalue weighted by molar-refractivity contribution is 0.00370. The van der Waals surface area contributed by atoms with Crippen LogP contribution in [0.3, 0.4) is 0 Å². The van der Waals surface area contributed by atoms with Gasteiger partial charge in [-0.3, -0.25) is 4.90 Å². The normalized spacial score (nSPS) is 21.2. The van der Waals surface area contributed by atoms with Crippen molar-refractivity contribution in [1.29, 1.82) is 0 Å². The molecule has 3 aromatic rings. The molecular formula is C28H37N5O. The first kappa shape index (κ1) is 23.1. The van der Waals surface area contributed by atoms with E-state index in [9.17, 15) is 0 Å². The summed E-state index contributed by atoms with van der Waals surface area (Å²) in [6, 6.07) is 18.1. The number of ether oxygens (including phenoxy) is 1. The number of hydrogen-bond acceptors (Lipinski definition) is 5. The zero-order valence-corrected chi connectivity index (χ0v) is 20.6. The summed E-state index contributed by atoms with van der Waals surface area (Å²) in [6.45, 7) is 7.03. The molecule has 2 aliphatic rings. The monoisotopic (exact) mass is 459 g/mol. The molecule has 0 radical (unpaired) electrons. The van der Waals surface area contributed by atoms with Crippen molar-refractivity contribution in [3.05, 3.63) is 65.9 Å². The highest BCUT2D eigenvalue weighted by Gasteiger charge is 2.24. The number of nitrogens with zero attached hydrogens (tertiary/aromatic N) is 5. The van der Waals surface area contributed by atoms with Crippen molar-refractivity contribution in [1.82, 2.24) is 19.9 Å². The fourth-order valence-corrected chi connectivity index (χ4v) is 5.35. The van der Waals surface area contributed by atoms with Crippen LogP contribution in [0, 0.1) is 6.92 Å². The van der Waals surface area contributed by atoms with E-state index in [1.807, 2.05) is 4.68 Å². The summed E-state index contributed by atoms with van der Waals surface area (Å²) >= 11 is 0. The fourth-order valence-electron chi connectivity index (χ4n) is 5.35. The van der Waals surface area contributed by atoms with Gasteiger partial charge in [0.1, 0.15) is 5.69 Å². The molecule has 2 aliphatic heterocycles. The Morgan fingerprint density at radius 1 is 1.06 bits per heavy atom. The second kappa shape index (κ2) is 10.7. The number of benzene rings is 2. The first-order valence-electron chi connectivity index (χ1n) is 12.8. The van der Waals surface area contributed by atoms with Gasteiger partial charge in [0.05, 0.1) is 18.8 Å². The maximum absolute atomic E-state index is 5.86. The second-order valence-corrected chi connectivity index (χ2v) is 9.96. The molecule has 2 saturated heterocycles. The maximum atomic E-state index is 5.86. The Morgan fingerprint density at radius 2 is 1.94 bits per heavy atom. The quantitative estimate of drug-likeness (QED) is 0.502. The van der Waals surface area contributed by atoms with Crippen LogP contribution in [0.25, 0.3) is 11.3 Å². The van der Waals surface area contributed by atoms with Gasteiger partial charge in [0.25, 0.3) is 0 Å². The third-order valence-corrected chi connectivity index (χ3v) is 7.35. The standard InChI is InChI=1S/C28H37N5O/c1-22-17-24(32-15-8-11-25(19-32)31(2)18-23-9-4-3-5-10-23)13-14-27(22)28-21-33(30-29-28)20-26-12-6-7-16-34-26/h3-5,9-10,13-14,17,21,25-26H,6-8,11-12,15-16,18-20H2,1-2H3/t25-,26-/m0/s1. The first-order chi connectivity index (χ1) is 16.7.